The minimum atomic E-state index is -0.303. The fraction of sp³-hybridized carbons (Fsp3) is 0.273. The van der Waals surface area contributed by atoms with Crippen LogP contribution in [0.25, 0.3) is 16.9 Å². The maximum Gasteiger partial charge on any atom is 0.270 e. The number of halogens is 1. The maximum atomic E-state index is 13.3. The van der Waals surface area contributed by atoms with E-state index in [1.54, 1.807) is 22.9 Å². The largest absolute Gasteiger partial charge is 0.348 e. The van der Waals surface area contributed by atoms with Gasteiger partial charge >= 0.3 is 0 Å². The summed E-state index contributed by atoms with van der Waals surface area (Å²) >= 11 is 0. The fourth-order valence-electron chi connectivity index (χ4n) is 2.84. The SMILES string of the molecule is CC[C@H](C)NC(=O)c1cc(-c2ccc(F)cc2)nn1-c1cc(C)ccc1C. The molecule has 0 bridgehead atoms. The first-order valence-electron chi connectivity index (χ1n) is 9.13. The summed E-state index contributed by atoms with van der Waals surface area (Å²) in [7, 11) is 0. The number of aryl methyl sites for hydroxylation is 2. The number of amides is 1. The van der Waals surface area contributed by atoms with Gasteiger partial charge < -0.3 is 5.32 Å². The lowest BCUT2D eigenvalue weighted by atomic mass is 10.1. The zero-order valence-corrected chi connectivity index (χ0v) is 16.1. The highest BCUT2D eigenvalue weighted by Crippen LogP contribution is 2.24. The van der Waals surface area contributed by atoms with E-state index in [-0.39, 0.29) is 17.8 Å². The second-order valence-electron chi connectivity index (χ2n) is 6.91. The van der Waals surface area contributed by atoms with Gasteiger partial charge in [0.1, 0.15) is 11.5 Å². The molecule has 1 N–H and O–H groups in total. The average molecular weight is 365 g/mol. The Hall–Kier alpha value is -2.95. The average Bonchev–Trinajstić information content (AvgIpc) is 3.09. The molecule has 27 heavy (non-hydrogen) atoms. The van der Waals surface area contributed by atoms with Crippen LogP contribution >= 0.6 is 0 Å². The number of hydrogen-bond donors (Lipinski definition) is 1. The molecule has 2 aromatic carbocycles. The lowest BCUT2D eigenvalue weighted by Gasteiger charge is -2.14. The van der Waals surface area contributed by atoms with Gasteiger partial charge in [-0.15, -0.1) is 0 Å². The number of nitrogens with one attached hydrogen (secondary N) is 1. The van der Waals surface area contributed by atoms with Crippen LogP contribution in [0.5, 0.6) is 0 Å². The van der Waals surface area contributed by atoms with Gasteiger partial charge in [-0.25, -0.2) is 9.07 Å². The number of carbonyl (C=O) groups is 1. The second kappa shape index (κ2) is 7.74. The van der Waals surface area contributed by atoms with Crippen LogP contribution in [0.3, 0.4) is 0 Å². The summed E-state index contributed by atoms with van der Waals surface area (Å²) in [6.45, 7) is 7.99. The topological polar surface area (TPSA) is 46.9 Å². The predicted octanol–water partition coefficient (Wildman–Crippen LogP) is 4.82. The number of carbonyl (C=O) groups excluding carboxylic acids is 1. The van der Waals surface area contributed by atoms with Crippen molar-refractivity contribution in [2.45, 2.75) is 40.2 Å². The number of aromatic nitrogens is 2. The van der Waals surface area contributed by atoms with Crippen LogP contribution in [-0.2, 0) is 0 Å². The minimum Gasteiger partial charge on any atom is -0.348 e. The van der Waals surface area contributed by atoms with E-state index in [0.29, 0.717) is 11.4 Å². The third kappa shape index (κ3) is 4.08. The third-order valence-corrected chi connectivity index (χ3v) is 4.66. The van der Waals surface area contributed by atoms with Crippen molar-refractivity contribution in [2.75, 3.05) is 0 Å². The summed E-state index contributed by atoms with van der Waals surface area (Å²) in [6, 6.07) is 14.0. The summed E-state index contributed by atoms with van der Waals surface area (Å²) in [5, 5.41) is 7.67. The maximum absolute atomic E-state index is 13.3. The quantitative estimate of drug-likeness (QED) is 0.704. The van der Waals surface area contributed by atoms with Crippen molar-refractivity contribution in [1.29, 1.82) is 0 Å². The van der Waals surface area contributed by atoms with E-state index in [0.717, 1.165) is 28.8 Å². The molecule has 0 aliphatic carbocycles. The van der Waals surface area contributed by atoms with Crippen LogP contribution in [0.4, 0.5) is 4.39 Å². The van der Waals surface area contributed by atoms with Crippen LogP contribution in [-0.4, -0.2) is 21.7 Å². The first kappa shape index (κ1) is 18.8. The van der Waals surface area contributed by atoms with E-state index in [2.05, 4.69) is 10.4 Å². The Balaban J connectivity index is 2.13. The van der Waals surface area contributed by atoms with E-state index in [1.165, 1.54) is 12.1 Å². The third-order valence-electron chi connectivity index (χ3n) is 4.66. The lowest BCUT2D eigenvalue weighted by molar-refractivity contribution is 0.0931. The molecule has 0 spiro atoms. The predicted molar refractivity (Wildman–Crippen MR) is 106 cm³/mol. The van der Waals surface area contributed by atoms with Crippen molar-refractivity contribution in [3.8, 4) is 16.9 Å². The Morgan fingerprint density at radius 2 is 1.85 bits per heavy atom. The molecule has 1 amide bonds. The van der Waals surface area contributed by atoms with E-state index < -0.39 is 0 Å². The van der Waals surface area contributed by atoms with Gasteiger partial charge in [0.2, 0.25) is 0 Å². The normalized spacial score (nSPS) is 12.0. The summed E-state index contributed by atoms with van der Waals surface area (Å²) in [5.41, 5.74) is 4.82. The molecular weight excluding hydrogens is 341 g/mol. The molecule has 140 valence electrons. The van der Waals surface area contributed by atoms with Crippen LogP contribution in [0, 0.1) is 19.7 Å². The molecule has 3 rings (SSSR count). The molecule has 0 saturated carbocycles. The van der Waals surface area contributed by atoms with Gasteiger partial charge in [0.15, 0.2) is 0 Å². The fourth-order valence-corrected chi connectivity index (χ4v) is 2.84. The first-order chi connectivity index (χ1) is 12.9. The lowest BCUT2D eigenvalue weighted by Crippen LogP contribution is -2.33. The van der Waals surface area contributed by atoms with E-state index in [9.17, 15) is 9.18 Å². The highest BCUT2D eigenvalue weighted by Gasteiger charge is 2.20. The highest BCUT2D eigenvalue weighted by atomic mass is 19.1. The van der Waals surface area contributed by atoms with Gasteiger partial charge in [-0.3, -0.25) is 4.79 Å². The molecule has 0 fully saturated rings. The molecule has 4 nitrogen and oxygen atoms in total. The van der Waals surface area contributed by atoms with Gasteiger partial charge in [-0.05, 0) is 74.7 Å². The molecule has 1 aromatic heterocycles. The van der Waals surface area contributed by atoms with Gasteiger partial charge in [0, 0.05) is 11.6 Å². The monoisotopic (exact) mass is 365 g/mol. The van der Waals surface area contributed by atoms with Crippen LogP contribution in [0.1, 0.15) is 41.9 Å². The Bertz CT molecular complexity index is 960. The Morgan fingerprint density at radius 1 is 1.15 bits per heavy atom. The molecule has 0 aliphatic rings. The summed E-state index contributed by atoms with van der Waals surface area (Å²) < 4.78 is 14.9. The molecule has 0 radical (unpaired) electrons. The molecule has 0 unspecified atom stereocenters. The van der Waals surface area contributed by atoms with E-state index in [1.807, 2.05) is 45.9 Å². The van der Waals surface area contributed by atoms with Crippen molar-refractivity contribution >= 4 is 5.91 Å². The van der Waals surface area contributed by atoms with E-state index in [4.69, 9.17) is 0 Å². The zero-order chi connectivity index (χ0) is 19.6. The number of benzene rings is 2. The van der Waals surface area contributed by atoms with Gasteiger partial charge in [-0.2, -0.15) is 5.10 Å². The van der Waals surface area contributed by atoms with Crippen LogP contribution in [0.15, 0.2) is 48.5 Å². The standard InChI is InChI=1S/C22H24FN3O/c1-5-16(4)24-22(27)21-13-19(17-8-10-18(23)11-9-17)25-26(21)20-12-14(2)6-7-15(20)3/h6-13,16H,5H2,1-4H3,(H,24,27)/t16-/m0/s1. The molecule has 5 heteroatoms. The van der Waals surface area contributed by atoms with Crippen molar-refractivity contribution in [3.63, 3.8) is 0 Å². The first-order valence-corrected chi connectivity index (χ1v) is 9.13. The zero-order valence-electron chi connectivity index (χ0n) is 16.1. The van der Waals surface area contributed by atoms with Crippen molar-refractivity contribution < 1.29 is 9.18 Å². The molecule has 1 atom stereocenters. The molecule has 0 saturated heterocycles. The smallest absolute Gasteiger partial charge is 0.270 e. The van der Waals surface area contributed by atoms with Gasteiger partial charge in [-0.1, -0.05) is 19.1 Å². The molecule has 3 aromatic rings. The van der Waals surface area contributed by atoms with Crippen LogP contribution in [0.2, 0.25) is 0 Å². The molecule has 1 heterocycles. The van der Waals surface area contributed by atoms with Crippen molar-refractivity contribution in [1.82, 2.24) is 15.1 Å². The summed E-state index contributed by atoms with van der Waals surface area (Å²) in [4.78, 5) is 12.9. The van der Waals surface area contributed by atoms with Gasteiger partial charge in [0.05, 0.1) is 11.4 Å². The highest BCUT2D eigenvalue weighted by molar-refractivity contribution is 5.94. The summed E-state index contributed by atoms with van der Waals surface area (Å²) in [6.07, 6.45) is 0.841. The Morgan fingerprint density at radius 3 is 2.52 bits per heavy atom. The minimum absolute atomic E-state index is 0.0636. The Kier molecular flexibility index (Phi) is 5.40. The second-order valence-corrected chi connectivity index (χ2v) is 6.91. The number of hydrogen-bond acceptors (Lipinski definition) is 2. The van der Waals surface area contributed by atoms with Gasteiger partial charge in [0.25, 0.3) is 5.91 Å². The van der Waals surface area contributed by atoms with E-state index >= 15 is 0 Å². The summed E-state index contributed by atoms with van der Waals surface area (Å²) in [5.74, 6) is -0.478. The number of nitrogens with zero attached hydrogens (tertiary/aromatic N) is 2. The van der Waals surface area contributed by atoms with Crippen molar-refractivity contribution in [2.24, 2.45) is 0 Å². The number of rotatable bonds is 5. The molecular formula is C22H24FN3O. The Labute approximate surface area is 159 Å². The molecule has 0 aliphatic heterocycles. The van der Waals surface area contributed by atoms with Crippen LogP contribution < -0.4 is 5.32 Å². The van der Waals surface area contributed by atoms with Crippen molar-refractivity contribution in [3.05, 3.63) is 71.2 Å².